The molecule has 0 spiro atoms. The highest BCUT2D eigenvalue weighted by Gasteiger charge is 2.28. The summed E-state index contributed by atoms with van der Waals surface area (Å²) in [6.45, 7) is 1.11. The average molecular weight is 281 g/mol. The zero-order valence-electron chi connectivity index (χ0n) is 11.8. The van der Waals surface area contributed by atoms with Crippen LogP contribution in [0.2, 0.25) is 0 Å². The smallest absolute Gasteiger partial charge is 0.127 e. The molecule has 106 valence electrons. The summed E-state index contributed by atoms with van der Waals surface area (Å²) in [5, 5.41) is 0. The number of likely N-dealkylation sites (N-methyl/N-ethyl adjacent to an activating group) is 1. The van der Waals surface area contributed by atoms with Crippen LogP contribution >= 0.6 is 11.8 Å². The van der Waals surface area contributed by atoms with Gasteiger partial charge in [-0.05, 0) is 18.7 Å². The highest BCUT2D eigenvalue weighted by atomic mass is 32.2. The predicted molar refractivity (Wildman–Crippen MR) is 82.4 cm³/mol. The topological polar surface area (TPSA) is 57.4 Å². The van der Waals surface area contributed by atoms with Gasteiger partial charge < -0.3 is 4.90 Å². The van der Waals surface area contributed by atoms with Gasteiger partial charge >= 0.3 is 0 Å². The number of nitrogens with zero attached hydrogens (tertiary/aromatic N) is 3. The van der Waals surface area contributed by atoms with Crippen LogP contribution in [0.4, 0.5) is 5.82 Å². The number of rotatable bonds is 4. The van der Waals surface area contributed by atoms with Gasteiger partial charge in [-0.25, -0.2) is 4.98 Å². The molecular formula is C13H23N5S. The maximum Gasteiger partial charge on any atom is 0.127 e. The summed E-state index contributed by atoms with van der Waals surface area (Å²) in [6.07, 6.45) is 1.92. The molecule has 0 saturated carbocycles. The standard InChI is InChI=1S/C13H23N5S/c1-17(2)12-5-4-10(8-15-12)13(16-14)11-9-19-7-6-18(11)3/h4-5,8,11,13,16H,6-7,9,14H2,1-3H3. The number of nitrogens with one attached hydrogen (secondary N) is 1. The van der Waals surface area contributed by atoms with Crippen molar-refractivity contribution in [1.82, 2.24) is 15.3 Å². The van der Waals surface area contributed by atoms with E-state index < -0.39 is 0 Å². The lowest BCUT2D eigenvalue weighted by Gasteiger charge is -2.37. The minimum Gasteiger partial charge on any atom is -0.363 e. The van der Waals surface area contributed by atoms with Crippen LogP contribution in [0.25, 0.3) is 0 Å². The van der Waals surface area contributed by atoms with Crippen LogP contribution in [0.5, 0.6) is 0 Å². The third kappa shape index (κ3) is 3.39. The molecule has 5 nitrogen and oxygen atoms in total. The molecule has 2 unspecified atom stereocenters. The molecule has 2 heterocycles. The Bertz CT molecular complexity index is 395. The van der Waals surface area contributed by atoms with Crippen LogP contribution in [-0.4, -0.2) is 55.1 Å². The first-order valence-corrected chi connectivity index (χ1v) is 7.66. The molecule has 2 atom stereocenters. The lowest BCUT2D eigenvalue weighted by Crippen LogP contribution is -2.49. The van der Waals surface area contributed by atoms with Gasteiger partial charge in [0.15, 0.2) is 0 Å². The van der Waals surface area contributed by atoms with Crippen molar-refractivity contribution in [2.75, 3.05) is 44.1 Å². The van der Waals surface area contributed by atoms with Crippen molar-refractivity contribution in [3.05, 3.63) is 23.9 Å². The first-order valence-electron chi connectivity index (χ1n) is 6.51. The largest absolute Gasteiger partial charge is 0.363 e. The molecule has 1 aromatic heterocycles. The molecular weight excluding hydrogens is 258 g/mol. The van der Waals surface area contributed by atoms with E-state index in [1.54, 1.807) is 0 Å². The number of pyridine rings is 1. The second-order valence-electron chi connectivity index (χ2n) is 5.11. The van der Waals surface area contributed by atoms with Crippen LogP contribution in [0, 0.1) is 0 Å². The van der Waals surface area contributed by atoms with Gasteiger partial charge in [-0.1, -0.05) is 6.07 Å². The Labute approximate surface area is 119 Å². The molecule has 0 bridgehead atoms. The SMILES string of the molecule is CN(C)c1ccc(C(NN)C2CSCCN2C)cn1. The minimum atomic E-state index is 0.126. The van der Waals surface area contributed by atoms with Gasteiger partial charge in [-0.3, -0.25) is 16.2 Å². The van der Waals surface area contributed by atoms with Gasteiger partial charge in [0.25, 0.3) is 0 Å². The van der Waals surface area contributed by atoms with E-state index in [4.69, 9.17) is 5.84 Å². The zero-order chi connectivity index (χ0) is 13.8. The number of anilines is 1. The van der Waals surface area contributed by atoms with Gasteiger partial charge in [0, 0.05) is 44.4 Å². The van der Waals surface area contributed by atoms with Crippen molar-refractivity contribution in [3.63, 3.8) is 0 Å². The van der Waals surface area contributed by atoms with Crippen LogP contribution in [0.3, 0.4) is 0 Å². The van der Waals surface area contributed by atoms with Gasteiger partial charge in [0.2, 0.25) is 0 Å². The molecule has 1 saturated heterocycles. The second kappa shape index (κ2) is 6.56. The summed E-state index contributed by atoms with van der Waals surface area (Å²) in [5.41, 5.74) is 4.10. The molecule has 1 fully saturated rings. The van der Waals surface area contributed by atoms with E-state index in [2.05, 4.69) is 28.4 Å². The third-order valence-corrected chi connectivity index (χ3v) is 4.64. The van der Waals surface area contributed by atoms with E-state index in [-0.39, 0.29) is 6.04 Å². The number of hydrogen-bond acceptors (Lipinski definition) is 6. The van der Waals surface area contributed by atoms with Crippen molar-refractivity contribution >= 4 is 17.6 Å². The molecule has 19 heavy (non-hydrogen) atoms. The molecule has 0 aromatic carbocycles. The Kier molecular flexibility index (Phi) is 5.04. The Morgan fingerprint density at radius 3 is 2.84 bits per heavy atom. The molecule has 0 radical (unpaired) electrons. The van der Waals surface area contributed by atoms with E-state index in [1.807, 2.05) is 43.0 Å². The van der Waals surface area contributed by atoms with Crippen LogP contribution in [0.15, 0.2) is 18.3 Å². The highest BCUT2D eigenvalue weighted by molar-refractivity contribution is 7.99. The fourth-order valence-electron chi connectivity index (χ4n) is 2.33. The summed E-state index contributed by atoms with van der Waals surface area (Å²) in [4.78, 5) is 8.85. The van der Waals surface area contributed by atoms with Gasteiger partial charge in [-0.2, -0.15) is 11.8 Å². The molecule has 0 aliphatic carbocycles. The normalized spacial score (nSPS) is 22.2. The molecule has 1 aliphatic rings. The van der Waals surface area contributed by atoms with Gasteiger partial charge in [-0.15, -0.1) is 0 Å². The van der Waals surface area contributed by atoms with Crippen molar-refractivity contribution in [2.24, 2.45) is 5.84 Å². The first kappa shape index (κ1) is 14.6. The van der Waals surface area contributed by atoms with E-state index in [0.29, 0.717) is 6.04 Å². The number of thioether (sulfide) groups is 1. The summed E-state index contributed by atoms with van der Waals surface area (Å²) in [7, 11) is 6.15. The third-order valence-electron chi connectivity index (χ3n) is 3.60. The molecule has 6 heteroatoms. The first-order chi connectivity index (χ1) is 9.13. The summed E-state index contributed by atoms with van der Waals surface area (Å²) >= 11 is 1.99. The molecule has 1 aromatic rings. The van der Waals surface area contributed by atoms with Crippen molar-refractivity contribution in [1.29, 1.82) is 0 Å². The molecule has 1 aliphatic heterocycles. The monoisotopic (exact) mass is 281 g/mol. The number of hydrogen-bond donors (Lipinski definition) is 2. The Morgan fingerprint density at radius 2 is 2.32 bits per heavy atom. The Balaban J connectivity index is 2.16. The van der Waals surface area contributed by atoms with Gasteiger partial charge in [0.05, 0.1) is 6.04 Å². The fourth-order valence-corrected chi connectivity index (χ4v) is 3.60. The van der Waals surface area contributed by atoms with E-state index in [0.717, 1.165) is 23.7 Å². The zero-order valence-corrected chi connectivity index (χ0v) is 12.7. The summed E-state index contributed by atoms with van der Waals surface area (Å²) < 4.78 is 0. The van der Waals surface area contributed by atoms with Gasteiger partial charge in [0.1, 0.15) is 5.82 Å². The molecule has 0 amide bonds. The van der Waals surface area contributed by atoms with Crippen molar-refractivity contribution < 1.29 is 0 Å². The predicted octanol–water partition coefficient (Wildman–Crippen LogP) is 0.699. The van der Waals surface area contributed by atoms with Crippen LogP contribution in [-0.2, 0) is 0 Å². The van der Waals surface area contributed by atoms with E-state index in [1.165, 1.54) is 5.75 Å². The minimum absolute atomic E-state index is 0.126. The lowest BCUT2D eigenvalue weighted by molar-refractivity contribution is 0.216. The number of aromatic nitrogens is 1. The van der Waals surface area contributed by atoms with E-state index >= 15 is 0 Å². The second-order valence-corrected chi connectivity index (χ2v) is 6.26. The molecule has 2 rings (SSSR count). The lowest BCUT2D eigenvalue weighted by atomic mass is 10.0. The fraction of sp³-hybridized carbons (Fsp3) is 0.615. The van der Waals surface area contributed by atoms with Crippen LogP contribution in [0.1, 0.15) is 11.6 Å². The quantitative estimate of drug-likeness (QED) is 0.626. The maximum absolute atomic E-state index is 5.77. The summed E-state index contributed by atoms with van der Waals surface area (Å²) in [6, 6.07) is 4.69. The Morgan fingerprint density at radius 1 is 1.53 bits per heavy atom. The van der Waals surface area contributed by atoms with Crippen molar-refractivity contribution in [3.8, 4) is 0 Å². The molecule has 3 N–H and O–H groups in total. The van der Waals surface area contributed by atoms with Crippen LogP contribution < -0.4 is 16.2 Å². The van der Waals surface area contributed by atoms with Crippen molar-refractivity contribution in [2.45, 2.75) is 12.1 Å². The summed E-state index contributed by atoms with van der Waals surface area (Å²) in [5.74, 6) is 9.03. The van der Waals surface area contributed by atoms with E-state index in [9.17, 15) is 0 Å². The highest BCUT2D eigenvalue weighted by Crippen LogP contribution is 2.26. The number of hydrazine groups is 1. The number of nitrogens with two attached hydrogens (primary N) is 1. The maximum atomic E-state index is 5.77. The average Bonchev–Trinajstić information content (AvgIpc) is 2.42. The Hall–Kier alpha value is -0.820.